The molecule has 0 saturated heterocycles. The van der Waals surface area contributed by atoms with E-state index in [1.807, 2.05) is 7.11 Å². The number of para-hydroxylation sites is 5. The van der Waals surface area contributed by atoms with Gasteiger partial charge in [0.2, 0.25) is 0 Å². The van der Waals surface area contributed by atoms with Crippen LogP contribution in [-0.4, -0.2) is 7.11 Å². The predicted molar refractivity (Wildman–Crippen MR) is 302 cm³/mol. The van der Waals surface area contributed by atoms with Crippen molar-refractivity contribution in [3.05, 3.63) is 198 Å². The molecule has 4 nitrogen and oxygen atoms in total. The first kappa shape index (κ1) is 44.6. The molecule has 1 unspecified atom stereocenters. The molecule has 0 radical (unpaired) electrons. The minimum atomic E-state index is 0.479. The molecule has 0 spiro atoms. The van der Waals surface area contributed by atoms with Crippen molar-refractivity contribution in [2.75, 3.05) is 16.9 Å². The van der Waals surface area contributed by atoms with Crippen molar-refractivity contribution in [1.82, 2.24) is 0 Å². The zero-order chi connectivity index (χ0) is 48.2. The summed E-state index contributed by atoms with van der Waals surface area (Å²) in [7, 11) is 1.82. The number of ether oxygens (including phenoxy) is 1. The Kier molecular flexibility index (Phi) is 11.7. The molecular formula is C67H62N2O2. The SMILES string of the molecule is CCCCC(C)c1cccc(-c2cccc(N(c3ccccc3C)c3ccc4ccc5c(N(c6ccccc6C)c6cccc7c6oc6c(C8CCCCC8)cccc67)ccc6ccc3c4c65)c2OC)c1. The van der Waals surface area contributed by atoms with Gasteiger partial charge in [-0.1, -0.05) is 185 Å². The predicted octanol–water partition coefficient (Wildman–Crippen LogP) is 20.1. The molecule has 1 fully saturated rings. The van der Waals surface area contributed by atoms with Gasteiger partial charge in [0, 0.05) is 38.5 Å². The highest BCUT2D eigenvalue weighted by molar-refractivity contribution is 6.28. The first-order valence-electron chi connectivity index (χ1n) is 26.0. The summed E-state index contributed by atoms with van der Waals surface area (Å²) in [6.45, 7) is 9.06. The Morgan fingerprint density at radius 3 is 1.75 bits per heavy atom. The van der Waals surface area contributed by atoms with Crippen molar-refractivity contribution in [2.45, 2.75) is 90.9 Å². The molecule has 4 heteroatoms. The van der Waals surface area contributed by atoms with Crippen molar-refractivity contribution < 1.29 is 9.15 Å². The third-order valence-electron chi connectivity index (χ3n) is 15.8. The second-order valence-corrected chi connectivity index (χ2v) is 20.2. The van der Waals surface area contributed by atoms with Gasteiger partial charge in [-0.2, -0.15) is 0 Å². The molecular weight excluding hydrogens is 865 g/mol. The molecule has 10 aromatic carbocycles. The second kappa shape index (κ2) is 18.6. The van der Waals surface area contributed by atoms with Crippen LogP contribution in [0.1, 0.15) is 99.3 Å². The first-order chi connectivity index (χ1) is 34.9. The van der Waals surface area contributed by atoms with E-state index in [-0.39, 0.29) is 0 Å². The molecule has 11 aromatic rings. The van der Waals surface area contributed by atoms with Gasteiger partial charge in [-0.25, -0.2) is 0 Å². The second-order valence-electron chi connectivity index (χ2n) is 20.2. The van der Waals surface area contributed by atoms with E-state index in [1.54, 1.807) is 0 Å². The number of fused-ring (bicyclic) bond motifs is 3. The molecule has 0 bridgehead atoms. The molecule has 1 atom stereocenters. The van der Waals surface area contributed by atoms with Gasteiger partial charge in [-0.3, -0.25) is 0 Å². The van der Waals surface area contributed by atoms with Crippen LogP contribution in [0.2, 0.25) is 0 Å². The molecule has 1 saturated carbocycles. The summed E-state index contributed by atoms with van der Waals surface area (Å²) in [5, 5.41) is 9.61. The van der Waals surface area contributed by atoms with Gasteiger partial charge in [-0.05, 0) is 131 Å². The van der Waals surface area contributed by atoms with Crippen molar-refractivity contribution in [2.24, 2.45) is 0 Å². The lowest BCUT2D eigenvalue weighted by Crippen LogP contribution is -2.14. The van der Waals surface area contributed by atoms with Gasteiger partial charge in [0.05, 0.1) is 29.9 Å². The Hall–Kier alpha value is -7.56. The maximum absolute atomic E-state index is 7.22. The van der Waals surface area contributed by atoms with E-state index >= 15 is 0 Å². The summed E-state index contributed by atoms with van der Waals surface area (Å²) in [5.74, 6) is 1.85. The molecule has 0 N–H and O–H groups in total. The lowest BCUT2D eigenvalue weighted by molar-refractivity contribution is 0.417. The quantitative estimate of drug-likeness (QED) is 0.108. The lowest BCUT2D eigenvalue weighted by Gasteiger charge is -2.31. The number of hydrogen-bond acceptors (Lipinski definition) is 4. The molecule has 71 heavy (non-hydrogen) atoms. The number of methoxy groups -OCH3 is 1. The standard InChI is InChI=1S/C67H62N2O2/c1-6-7-19-43(2)49-24-15-25-50(42-49)52-27-17-32-61(66(52)70-5)68(57-30-13-11-20-44(57)3)59-40-36-47-35-39-56-60(41-37-48-34-38-55(59)63(47)64(48)56)69(58-31-14-12-21-45(58)4)62-33-18-29-54-53-28-16-26-51(65(53)71-67(54)62)46-22-9-8-10-23-46/h11-18,20-21,24-43,46H,6-10,19,22-23H2,1-5H3. The van der Waals surface area contributed by atoms with E-state index in [2.05, 4.69) is 213 Å². The molecule has 352 valence electrons. The number of hydrogen-bond donors (Lipinski definition) is 0. The van der Waals surface area contributed by atoms with E-state index in [4.69, 9.17) is 9.15 Å². The summed E-state index contributed by atoms with van der Waals surface area (Å²) < 4.78 is 13.8. The van der Waals surface area contributed by atoms with Crippen LogP contribution >= 0.6 is 0 Å². The largest absolute Gasteiger partial charge is 0.494 e. The van der Waals surface area contributed by atoms with E-state index in [1.165, 1.54) is 117 Å². The highest BCUT2D eigenvalue weighted by Crippen LogP contribution is 2.52. The Morgan fingerprint density at radius 2 is 1.10 bits per heavy atom. The molecule has 1 aliphatic rings. The van der Waals surface area contributed by atoms with E-state index < -0.39 is 0 Å². The van der Waals surface area contributed by atoms with Crippen LogP contribution in [0.25, 0.3) is 65.4 Å². The van der Waals surface area contributed by atoms with Gasteiger partial charge in [0.25, 0.3) is 0 Å². The lowest BCUT2D eigenvalue weighted by atomic mass is 9.83. The van der Waals surface area contributed by atoms with Crippen LogP contribution in [0, 0.1) is 13.8 Å². The summed E-state index contributed by atoms with van der Waals surface area (Å²) in [4.78, 5) is 4.89. The first-order valence-corrected chi connectivity index (χ1v) is 26.0. The number of anilines is 6. The fraction of sp³-hybridized carbons (Fsp3) is 0.224. The Balaban J connectivity index is 1.07. The van der Waals surface area contributed by atoms with Gasteiger partial charge >= 0.3 is 0 Å². The average Bonchev–Trinajstić information content (AvgIpc) is 3.81. The van der Waals surface area contributed by atoms with E-state index in [0.29, 0.717) is 11.8 Å². The highest BCUT2D eigenvalue weighted by Gasteiger charge is 2.28. The van der Waals surface area contributed by atoms with E-state index in [0.717, 1.165) is 62.0 Å². The van der Waals surface area contributed by atoms with Crippen molar-refractivity contribution in [1.29, 1.82) is 0 Å². The zero-order valence-electron chi connectivity index (χ0n) is 41.8. The van der Waals surface area contributed by atoms with Gasteiger partial charge in [0.1, 0.15) is 5.58 Å². The van der Waals surface area contributed by atoms with Crippen LogP contribution in [0.5, 0.6) is 5.75 Å². The topological polar surface area (TPSA) is 28.9 Å². The molecule has 0 aliphatic heterocycles. The summed E-state index contributed by atoms with van der Waals surface area (Å²) >= 11 is 0. The number of furan rings is 1. The fourth-order valence-corrected chi connectivity index (χ4v) is 12.1. The van der Waals surface area contributed by atoms with Crippen molar-refractivity contribution >= 4 is 88.4 Å². The van der Waals surface area contributed by atoms with Crippen molar-refractivity contribution in [3.8, 4) is 16.9 Å². The monoisotopic (exact) mass is 926 g/mol. The van der Waals surface area contributed by atoms with Gasteiger partial charge in [-0.15, -0.1) is 0 Å². The fourth-order valence-electron chi connectivity index (χ4n) is 12.1. The Morgan fingerprint density at radius 1 is 0.535 bits per heavy atom. The minimum absolute atomic E-state index is 0.479. The van der Waals surface area contributed by atoms with Crippen LogP contribution in [0.15, 0.2) is 180 Å². The van der Waals surface area contributed by atoms with Crippen LogP contribution in [0.4, 0.5) is 34.1 Å². The molecule has 1 aromatic heterocycles. The number of rotatable bonds is 13. The average molecular weight is 927 g/mol. The zero-order valence-corrected chi connectivity index (χ0v) is 41.8. The van der Waals surface area contributed by atoms with Gasteiger partial charge in [0.15, 0.2) is 11.3 Å². The summed E-state index contributed by atoms with van der Waals surface area (Å²) in [6, 6.07) is 65.3. The number of nitrogens with zero attached hydrogens (tertiary/aromatic N) is 2. The van der Waals surface area contributed by atoms with Crippen molar-refractivity contribution in [3.63, 3.8) is 0 Å². The smallest absolute Gasteiger partial charge is 0.159 e. The number of benzene rings is 10. The maximum Gasteiger partial charge on any atom is 0.159 e. The molecule has 1 heterocycles. The number of aryl methyl sites for hydroxylation is 2. The Bertz CT molecular complexity index is 3740. The maximum atomic E-state index is 7.22. The molecule has 0 amide bonds. The highest BCUT2D eigenvalue weighted by atomic mass is 16.5. The van der Waals surface area contributed by atoms with Crippen LogP contribution in [-0.2, 0) is 0 Å². The summed E-state index contributed by atoms with van der Waals surface area (Å²) in [5.41, 5.74) is 15.8. The summed E-state index contributed by atoms with van der Waals surface area (Å²) in [6.07, 6.45) is 9.93. The third kappa shape index (κ3) is 7.67. The van der Waals surface area contributed by atoms with E-state index in [9.17, 15) is 0 Å². The number of unbranched alkanes of at least 4 members (excludes halogenated alkanes) is 1. The van der Waals surface area contributed by atoms with Gasteiger partial charge < -0.3 is 19.0 Å². The van der Waals surface area contributed by atoms with Crippen LogP contribution in [0.3, 0.4) is 0 Å². The third-order valence-corrected chi connectivity index (χ3v) is 15.8. The molecule has 1 aliphatic carbocycles. The minimum Gasteiger partial charge on any atom is -0.494 e. The Labute approximate surface area is 418 Å². The van der Waals surface area contributed by atoms with Crippen LogP contribution < -0.4 is 14.5 Å². The normalized spacial score (nSPS) is 13.8. The molecule has 12 rings (SSSR count).